The standard InChI is InChI=1S/C14H19NO5/c1-6(16)9-11-7-4-3-5-8(20-2)10(7)12(14(18)19)15(11)13(9)17/h6-9,11,16H,3-5H2,1-2H3,(H,18,19)/t6?,7-,8-,9+,11+/m0/s1. The highest BCUT2D eigenvalue weighted by Crippen LogP contribution is 2.52. The van der Waals surface area contributed by atoms with E-state index in [2.05, 4.69) is 0 Å². The Labute approximate surface area is 117 Å². The first kappa shape index (κ1) is 13.6. The zero-order chi connectivity index (χ0) is 14.6. The first-order chi connectivity index (χ1) is 9.49. The van der Waals surface area contributed by atoms with E-state index >= 15 is 0 Å². The van der Waals surface area contributed by atoms with Crippen molar-refractivity contribution in [3.63, 3.8) is 0 Å². The number of carbonyl (C=O) groups excluding carboxylic acids is 1. The zero-order valence-electron chi connectivity index (χ0n) is 11.6. The Kier molecular flexibility index (Phi) is 3.10. The summed E-state index contributed by atoms with van der Waals surface area (Å²) < 4.78 is 5.42. The van der Waals surface area contributed by atoms with Gasteiger partial charge in [-0.1, -0.05) is 0 Å². The van der Waals surface area contributed by atoms with E-state index in [4.69, 9.17) is 4.74 Å². The van der Waals surface area contributed by atoms with Gasteiger partial charge in [-0.25, -0.2) is 4.79 Å². The molecule has 0 aromatic rings. The number of aliphatic carboxylic acids is 1. The smallest absolute Gasteiger partial charge is 0.352 e. The van der Waals surface area contributed by atoms with Crippen molar-refractivity contribution in [1.82, 2.24) is 4.90 Å². The quantitative estimate of drug-likeness (QED) is 0.729. The Hall–Kier alpha value is -1.40. The van der Waals surface area contributed by atoms with Crippen LogP contribution in [0.2, 0.25) is 0 Å². The number of aliphatic hydroxyl groups excluding tert-OH is 1. The summed E-state index contributed by atoms with van der Waals surface area (Å²) in [5, 5.41) is 19.2. The van der Waals surface area contributed by atoms with Gasteiger partial charge >= 0.3 is 5.97 Å². The molecule has 3 aliphatic rings. The Morgan fingerprint density at radius 2 is 2.15 bits per heavy atom. The highest BCUT2D eigenvalue weighted by Gasteiger charge is 2.62. The average Bonchev–Trinajstić information content (AvgIpc) is 2.69. The maximum Gasteiger partial charge on any atom is 0.352 e. The van der Waals surface area contributed by atoms with Crippen molar-refractivity contribution in [2.75, 3.05) is 7.11 Å². The number of hydrogen-bond donors (Lipinski definition) is 2. The largest absolute Gasteiger partial charge is 0.477 e. The van der Waals surface area contributed by atoms with Crippen LogP contribution in [-0.4, -0.2) is 52.3 Å². The SMILES string of the molecule is CO[C@H]1CCC[C@H]2C1=C(C(=O)O)N1C(=O)[C@H](C(C)O)[C@@H]21. The van der Waals surface area contributed by atoms with Crippen LogP contribution in [0, 0.1) is 11.8 Å². The van der Waals surface area contributed by atoms with E-state index in [-0.39, 0.29) is 29.7 Å². The topological polar surface area (TPSA) is 87.1 Å². The molecule has 1 amide bonds. The number of β-lactam (4-membered cyclic amide) rings is 1. The molecule has 1 saturated heterocycles. The third-order valence-corrected chi connectivity index (χ3v) is 4.85. The number of fused-ring (bicyclic) bond motifs is 3. The molecule has 0 aromatic heterocycles. The number of carbonyl (C=O) groups is 2. The molecule has 110 valence electrons. The molecule has 1 aliphatic carbocycles. The molecule has 6 nitrogen and oxygen atoms in total. The highest BCUT2D eigenvalue weighted by atomic mass is 16.5. The van der Waals surface area contributed by atoms with Crippen molar-refractivity contribution in [3.05, 3.63) is 11.3 Å². The summed E-state index contributed by atoms with van der Waals surface area (Å²) >= 11 is 0. The molecular formula is C14H19NO5. The molecule has 2 heterocycles. The van der Waals surface area contributed by atoms with Crippen LogP contribution in [0.3, 0.4) is 0 Å². The highest BCUT2D eigenvalue weighted by molar-refractivity contribution is 6.00. The van der Waals surface area contributed by atoms with Crippen molar-refractivity contribution in [2.24, 2.45) is 11.8 Å². The number of hydrogen-bond acceptors (Lipinski definition) is 4. The van der Waals surface area contributed by atoms with Crippen molar-refractivity contribution in [2.45, 2.75) is 44.4 Å². The fourth-order valence-electron chi connectivity index (χ4n) is 4.08. The summed E-state index contributed by atoms with van der Waals surface area (Å²) in [5.41, 5.74) is 0.834. The lowest BCUT2D eigenvalue weighted by atomic mass is 9.72. The van der Waals surface area contributed by atoms with Crippen LogP contribution in [0.5, 0.6) is 0 Å². The van der Waals surface area contributed by atoms with Gasteiger partial charge in [0.2, 0.25) is 5.91 Å². The predicted molar refractivity (Wildman–Crippen MR) is 68.6 cm³/mol. The van der Waals surface area contributed by atoms with Crippen LogP contribution in [0.25, 0.3) is 0 Å². The summed E-state index contributed by atoms with van der Waals surface area (Å²) in [7, 11) is 1.57. The van der Waals surface area contributed by atoms with Gasteiger partial charge in [0.05, 0.1) is 24.2 Å². The van der Waals surface area contributed by atoms with E-state index in [9.17, 15) is 19.8 Å². The first-order valence-corrected chi connectivity index (χ1v) is 7.00. The molecule has 0 bridgehead atoms. The van der Waals surface area contributed by atoms with Gasteiger partial charge in [0.25, 0.3) is 0 Å². The maximum atomic E-state index is 12.2. The molecule has 2 fully saturated rings. The van der Waals surface area contributed by atoms with Crippen LogP contribution in [0.15, 0.2) is 11.3 Å². The molecule has 1 saturated carbocycles. The molecule has 20 heavy (non-hydrogen) atoms. The molecule has 6 heteroatoms. The van der Waals surface area contributed by atoms with Crippen LogP contribution in [0.1, 0.15) is 26.2 Å². The minimum absolute atomic E-state index is 0.0112. The van der Waals surface area contributed by atoms with Gasteiger partial charge in [0.1, 0.15) is 5.70 Å². The second kappa shape index (κ2) is 4.56. The lowest BCUT2D eigenvalue weighted by Gasteiger charge is -2.47. The Morgan fingerprint density at radius 1 is 1.45 bits per heavy atom. The van der Waals surface area contributed by atoms with Crippen LogP contribution in [0.4, 0.5) is 0 Å². The number of amides is 1. The van der Waals surface area contributed by atoms with Gasteiger partial charge in [-0.05, 0) is 31.8 Å². The molecule has 2 N–H and O–H groups in total. The minimum Gasteiger partial charge on any atom is -0.477 e. The summed E-state index contributed by atoms with van der Waals surface area (Å²) in [6.07, 6.45) is 1.61. The molecule has 0 spiro atoms. The summed E-state index contributed by atoms with van der Waals surface area (Å²) in [6, 6.07) is -0.207. The van der Waals surface area contributed by atoms with Crippen LogP contribution in [-0.2, 0) is 14.3 Å². The second-order valence-corrected chi connectivity index (χ2v) is 5.84. The molecule has 3 rings (SSSR count). The fourth-order valence-corrected chi connectivity index (χ4v) is 4.08. The molecule has 5 atom stereocenters. The van der Waals surface area contributed by atoms with E-state index in [1.807, 2.05) is 0 Å². The zero-order valence-corrected chi connectivity index (χ0v) is 11.6. The fraction of sp³-hybridized carbons (Fsp3) is 0.714. The maximum absolute atomic E-state index is 12.2. The van der Waals surface area contributed by atoms with Gasteiger partial charge in [0.15, 0.2) is 0 Å². The summed E-state index contributed by atoms with van der Waals surface area (Å²) in [4.78, 5) is 25.1. The molecular weight excluding hydrogens is 262 g/mol. The monoisotopic (exact) mass is 281 g/mol. The lowest BCUT2D eigenvalue weighted by Crippen LogP contribution is -2.64. The Morgan fingerprint density at radius 3 is 2.70 bits per heavy atom. The van der Waals surface area contributed by atoms with Gasteiger partial charge < -0.3 is 19.8 Å². The molecule has 2 aliphatic heterocycles. The van der Waals surface area contributed by atoms with Gasteiger partial charge in [-0.3, -0.25) is 4.79 Å². The number of carboxylic acid groups (broad SMARTS) is 1. The Balaban J connectivity index is 2.04. The van der Waals surface area contributed by atoms with E-state index < -0.39 is 18.0 Å². The summed E-state index contributed by atoms with van der Waals surface area (Å²) in [6.45, 7) is 1.59. The number of ether oxygens (including phenoxy) is 1. The van der Waals surface area contributed by atoms with Gasteiger partial charge in [-0.15, -0.1) is 0 Å². The van der Waals surface area contributed by atoms with E-state index in [0.717, 1.165) is 24.8 Å². The van der Waals surface area contributed by atoms with Crippen LogP contribution >= 0.6 is 0 Å². The molecule has 1 unspecified atom stereocenters. The van der Waals surface area contributed by atoms with Gasteiger partial charge in [-0.2, -0.15) is 0 Å². The number of aliphatic hydroxyl groups is 1. The molecule has 0 aromatic carbocycles. The lowest BCUT2D eigenvalue weighted by molar-refractivity contribution is -0.163. The van der Waals surface area contributed by atoms with E-state index in [0.29, 0.717) is 0 Å². The normalized spacial score (nSPS) is 37.4. The second-order valence-electron chi connectivity index (χ2n) is 5.84. The number of nitrogens with zero attached hydrogens (tertiary/aromatic N) is 1. The van der Waals surface area contributed by atoms with Crippen molar-refractivity contribution >= 4 is 11.9 Å². The summed E-state index contributed by atoms with van der Waals surface area (Å²) in [5.74, 6) is -1.83. The Bertz CT molecular complexity index is 498. The average molecular weight is 281 g/mol. The van der Waals surface area contributed by atoms with Crippen molar-refractivity contribution in [1.29, 1.82) is 0 Å². The number of carboxylic acids is 1. The third kappa shape index (κ3) is 1.58. The predicted octanol–water partition coefficient (Wildman–Crippen LogP) is 0.362. The van der Waals surface area contributed by atoms with Crippen molar-refractivity contribution in [3.8, 4) is 0 Å². The van der Waals surface area contributed by atoms with E-state index in [1.54, 1.807) is 14.0 Å². The van der Waals surface area contributed by atoms with Crippen LogP contribution < -0.4 is 0 Å². The van der Waals surface area contributed by atoms with Crippen molar-refractivity contribution < 1.29 is 24.5 Å². The molecule has 0 radical (unpaired) electrons. The third-order valence-electron chi connectivity index (χ3n) is 4.85. The first-order valence-electron chi connectivity index (χ1n) is 7.00. The number of methoxy groups -OCH3 is 1. The van der Waals surface area contributed by atoms with Gasteiger partial charge in [0, 0.05) is 13.0 Å². The number of rotatable bonds is 3. The minimum atomic E-state index is -1.08. The van der Waals surface area contributed by atoms with E-state index in [1.165, 1.54) is 4.90 Å².